The van der Waals surface area contributed by atoms with E-state index in [1.165, 1.54) is 0 Å². The van der Waals surface area contributed by atoms with E-state index in [0.29, 0.717) is 26.1 Å². The lowest BCUT2D eigenvalue weighted by atomic mass is 10.1. The molecule has 6 nitrogen and oxygen atoms in total. The molecule has 3 rings (SSSR count). The maximum Gasteiger partial charge on any atom is 0.226 e. The van der Waals surface area contributed by atoms with Crippen molar-refractivity contribution in [1.82, 2.24) is 4.90 Å². The van der Waals surface area contributed by atoms with E-state index in [2.05, 4.69) is 4.90 Å². The van der Waals surface area contributed by atoms with Gasteiger partial charge in [-0.3, -0.25) is 9.59 Å². The van der Waals surface area contributed by atoms with Crippen LogP contribution in [0.4, 0.5) is 5.69 Å². The second-order valence-electron chi connectivity index (χ2n) is 6.80. The molecule has 148 valence electrons. The summed E-state index contributed by atoms with van der Waals surface area (Å²) in [5, 5.41) is 0. The summed E-state index contributed by atoms with van der Waals surface area (Å²) in [7, 11) is 1.62. The molecule has 0 atom stereocenters. The number of anilines is 1. The number of rotatable bonds is 7. The number of benzene rings is 2. The van der Waals surface area contributed by atoms with Crippen LogP contribution < -0.4 is 14.4 Å². The lowest BCUT2D eigenvalue weighted by molar-refractivity contribution is -0.132. The highest BCUT2D eigenvalue weighted by molar-refractivity contribution is 5.79. The van der Waals surface area contributed by atoms with Crippen LogP contribution in [0.5, 0.6) is 11.5 Å². The Hall–Kier alpha value is -3.02. The summed E-state index contributed by atoms with van der Waals surface area (Å²) in [6, 6.07) is 13.2. The molecule has 1 saturated heterocycles. The molecule has 0 unspecified atom stereocenters. The number of carbonyl (C=O) groups is 2. The number of carbonyl (C=O) groups excluding carboxylic acids is 2. The van der Waals surface area contributed by atoms with Gasteiger partial charge in [-0.2, -0.15) is 0 Å². The molecule has 0 aliphatic carbocycles. The van der Waals surface area contributed by atoms with E-state index >= 15 is 0 Å². The zero-order valence-corrected chi connectivity index (χ0v) is 16.4. The lowest BCUT2D eigenvalue weighted by Crippen LogP contribution is -2.49. The van der Waals surface area contributed by atoms with Crippen LogP contribution in [-0.2, 0) is 4.79 Å². The van der Waals surface area contributed by atoms with Crippen molar-refractivity contribution < 1.29 is 19.1 Å². The molecule has 1 fully saturated rings. The van der Waals surface area contributed by atoms with E-state index in [9.17, 15) is 9.59 Å². The fraction of sp³-hybridized carbons (Fsp3) is 0.364. The number of piperazine rings is 1. The minimum absolute atomic E-state index is 0.112. The molecular formula is C22H26N2O4. The van der Waals surface area contributed by atoms with Gasteiger partial charge in [0.05, 0.1) is 20.1 Å². The van der Waals surface area contributed by atoms with Crippen LogP contribution in [0.2, 0.25) is 0 Å². The molecule has 1 aliphatic heterocycles. The third kappa shape index (κ3) is 4.82. The van der Waals surface area contributed by atoms with Gasteiger partial charge in [0, 0.05) is 37.4 Å². The van der Waals surface area contributed by atoms with Gasteiger partial charge in [-0.1, -0.05) is 0 Å². The Labute approximate surface area is 165 Å². The van der Waals surface area contributed by atoms with E-state index in [-0.39, 0.29) is 5.91 Å². The highest BCUT2D eigenvalue weighted by Gasteiger charge is 2.21. The van der Waals surface area contributed by atoms with Gasteiger partial charge in [0.1, 0.15) is 17.8 Å². The second kappa shape index (κ2) is 9.26. The van der Waals surface area contributed by atoms with Crippen molar-refractivity contribution in [2.75, 3.05) is 44.8 Å². The van der Waals surface area contributed by atoms with Crippen LogP contribution in [0.3, 0.4) is 0 Å². The van der Waals surface area contributed by atoms with Crippen molar-refractivity contribution in [3.63, 3.8) is 0 Å². The number of ether oxygens (including phenoxy) is 2. The fourth-order valence-corrected chi connectivity index (χ4v) is 3.29. The average Bonchev–Trinajstić information content (AvgIpc) is 2.74. The van der Waals surface area contributed by atoms with Gasteiger partial charge in [0.25, 0.3) is 0 Å². The lowest BCUT2D eigenvalue weighted by Gasteiger charge is -2.36. The number of aldehydes is 1. The summed E-state index contributed by atoms with van der Waals surface area (Å²) in [4.78, 5) is 27.5. The van der Waals surface area contributed by atoms with Gasteiger partial charge in [-0.25, -0.2) is 0 Å². The van der Waals surface area contributed by atoms with Crippen molar-refractivity contribution in [3.8, 4) is 11.5 Å². The minimum atomic E-state index is 0.112. The summed E-state index contributed by atoms with van der Waals surface area (Å²) in [5.41, 5.74) is 2.79. The van der Waals surface area contributed by atoms with E-state index in [1.807, 2.05) is 54.3 Å². The Kier molecular flexibility index (Phi) is 6.53. The smallest absolute Gasteiger partial charge is 0.226 e. The number of nitrogens with zero attached hydrogens (tertiary/aromatic N) is 2. The summed E-state index contributed by atoms with van der Waals surface area (Å²) in [5.74, 6) is 1.62. The van der Waals surface area contributed by atoms with Crippen molar-refractivity contribution in [2.45, 2.75) is 13.3 Å². The first-order valence-corrected chi connectivity index (χ1v) is 9.46. The Bertz CT molecular complexity index is 812. The SMILES string of the molecule is COc1ccc(OCCC(=O)N2CCN(c3ccc(C=O)c(C)c3)CC2)cc1. The predicted octanol–water partition coefficient (Wildman–Crippen LogP) is 2.93. The van der Waals surface area contributed by atoms with Crippen LogP contribution >= 0.6 is 0 Å². The van der Waals surface area contributed by atoms with E-state index in [1.54, 1.807) is 7.11 Å². The monoisotopic (exact) mass is 382 g/mol. The standard InChI is InChI=1S/C22H26N2O4/c1-17-15-19(4-3-18(17)16-25)23-10-12-24(13-11-23)22(26)9-14-28-21-7-5-20(27-2)6-8-21/h3-8,15-16H,9-14H2,1-2H3. The molecule has 1 heterocycles. The van der Waals surface area contributed by atoms with E-state index < -0.39 is 0 Å². The molecule has 0 radical (unpaired) electrons. The Morgan fingerprint density at radius 2 is 1.71 bits per heavy atom. The van der Waals surface area contributed by atoms with Crippen molar-refractivity contribution in [2.24, 2.45) is 0 Å². The van der Waals surface area contributed by atoms with Crippen molar-refractivity contribution in [3.05, 3.63) is 53.6 Å². The zero-order valence-electron chi connectivity index (χ0n) is 16.4. The summed E-state index contributed by atoms with van der Waals surface area (Å²) < 4.78 is 10.8. The van der Waals surface area contributed by atoms with E-state index in [4.69, 9.17) is 9.47 Å². The first-order valence-electron chi connectivity index (χ1n) is 9.46. The zero-order chi connectivity index (χ0) is 19.9. The summed E-state index contributed by atoms with van der Waals surface area (Å²) >= 11 is 0. The van der Waals surface area contributed by atoms with E-state index in [0.717, 1.165) is 47.7 Å². The van der Waals surface area contributed by atoms with Gasteiger partial charge < -0.3 is 19.3 Å². The summed E-state index contributed by atoms with van der Waals surface area (Å²) in [6.07, 6.45) is 1.24. The van der Waals surface area contributed by atoms with Crippen LogP contribution in [0, 0.1) is 6.92 Å². The highest BCUT2D eigenvalue weighted by atomic mass is 16.5. The van der Waals surface area contributed by atoms with Crippen LogP contribution in [0.25, 0.3) is 0 Å². The maximum atomic E-state index is 12.4. The Balaban J connectivity index is 1.44. The molecule has 28 heavy (non-hydrogen) atoms. The van der Waals surface area contributed by atoms with Crippen molar-refractivity contribution >= 4 is 17.9 Å². The normalized spacial score (nSPS) is 13.9. The van der Waals surface area contributed by atoms with Gasteiger partial charge >= 0.3 is 0 Å². The number of aryl methyl sites for hydroxylation is 1. The third-order valence-electron chi connectivity index (χ3n) is 5.02. The fourth-order valence-electron chi connectivity index (χ4n) is 3.29. The quantitative estimate of drug-likeness (QED) is 0.689. The van der Waals surface area contributed by atoms with Crippen molar-refractivity contribution in [1.29, 1.82) is 0 Å². The van der Waals surface area contributed by atoms with Gasteiger partial charge in [-0.05, 0) is 55.0 Å². The summed E-state index contributed by atoms with van der Waals surface area (Å²) in [6.45, 7) is 5.25. The van der Waals surface area contributed by atoms with Crippen LogP contribution in [-0.4, -0.2) is 57.0 Å². The molecule has 1 amide bonds. The molecule has 6 heteroatoms. The third-order valence-corrected chi connectivity index (χ3v) is 5.02. The molecule has 0 bridgehead atoms. The number of hydrogen-bond acceptors (Lipinski definition) is 5. The number of hydrogen-bond donors (Lipinski definition) is 0. The largest absolute Gasteiger partial charge is 0.497 e. The second-order valence-corrected chi connectivity index (χ2v) is 6.80. The Morgan fingerprint density at radius 1 is 1.04 bits per heavy atom. The first-order chi connectivity index (χ1) is 13.6. The molecule has 0 saturated carbocycles. The molecule has 2 aromatic rings. The molecule has 1 aliphatic rings. The maximum absolute atomic E-state index is 12.4. The average molecular weight is 382 g/mol. The number of methoxy groups -OCH3 is 1. The molecular weight excluding hydrogens is 356 g/mol. The molecule has 0 spiro atoms. The highest BCUT2D eigenvalue weighted by Crippen LogP contribution is 2.20. The molecule has 0 aromatic heterocycles. The van der Waals surface area contributed by atoms with Gasteiger partial charge in [0.2, 0.25) is 5.91 Å². The van der Waals surface area contributed by atoms with Gasteiger partial charge in [-0.15, -0.1) is 0 Å². The molecule has 0 N–H and O–H groups in total. The molecule has 2 aromatic carbocycles. The minimum Gasteiger partial charge on any atom is -0.497 e. The predicted molar refractivity (Wildman–Crippen MR) is 108 cm³/mol. The first kappa shape index (κ1) is 19.7. The topological polar surface area (TPSA) is 59.1 Å². The van der Waals surface area contributed by atoms with Crippen LogP contribution in [0.1, 0.15) is 22.3 Å². The van der Waals surface area contributed by atoms with Crippen LogP contribution in [0.15, 0.2) is 42.5 Å². The number of amides is 1. The van der Waals surface area contributed by atoms with Gasteiger partial charge in [0.15, 0.2) is 0 Å². The Morgan fingerprint density at radius 3 is 2.32 bits per heavy atom.